The van der Waals surface area contributed by atoms with E-state index in [9.17, 15) is 17.6 Å². The number of hydrogen-bond acceptors (Lipinski definition) is 6. The van der Waals surface area contributed by atoms with E-state index in [4.69, 9.17) is 9.47 Å². The van der Waals surface area contributed by atoms with Gasteiger partial charge in [-0.1, -0.05) is 0 Å². The van der Waals surface area contributed by atoms with Crippen molar-refractivity contribution in [2.45, 2.75) is 29.8 Å². The number of likely N-dealkylation sites (tertiary alicyclic amines) is 1. The second kappa shape index (κ2) is 6.77. The minimum Gasteiger partial charge on any atom is -0.383 e. The molecule has 1 amide bonds. The fourth-order valence-corrected chi connectivity index (χ4v) is 6.60. The van der Waals surface area contributed by atoms with Gasteiger partial charge in [-0.25, -0.2) is 12.8 Å². The topological polar surface area (TPSA) is 89.0 Å². The van der Waals surface area contributed by atoms with E-state index in [1.165, 1.54) is 23.5 Å². The number of ether oxygens (including phenoxy) is 2. The van der Waals surface area contributed by atoms with Crippen molar-refractivity contribution in [1.82, 2.24) is 14.2 Å². The normalized spacial score (nSPS) is 31.9. The van der Waals surface area contributed by atoms with Crippen molar-refractivity contribution in [2.75, 3.05) is 39.9 Å². The van der Waals surface area contributed by atoms with Crippen molar-refractivity contribution in [3.05, 3.63) is 29.8 Å². The molecule has 10 heteroatoms. The molecule has 0 aliphatic carbocycles. The van der Waals surface area contributed by atoms with Gasteiger partial charge in [-0.15, -0.1) is 0 Å². The van der Waals surface area contributed by atoms with Crippen LogP contribution in [-0.4, -0.2) is 85.4 Å². The van der Waals surface area contributed by atoms with Gasteiger partial charge in [0.25, 0.3) is 0 Å². The van der Waals surface area contributed by atoms with Gasteiger partial charge >= 0.3 is 0 Å². The second-order valence-electron chi connectivity index (χ2n) is 7.32. The molecule has 3 fully saturated rings. The molecule has 3 saturated heterocycles. The van der Waals surface area contributed by atoms with Crippen molar-refractivity contribution in [3.63, 3.8) is 0 Å². The molecular weight excluding hydrogens is 377 g/mol. The molecule has 1 spiro atoms. The summed E-state index contributed by atoms with van der Waals surface area (Å²) in [6.45, 7) is 1.42. The van der Waals surface area contributed by atoms with E-state index in [0.717, 1.165) is 6.20 Å². The summed E-state index contributed by atoms with van der Waals surface area (Å²) in [7, 11) is -1.95. The lowest BCUT2D eigenvalue weighted by molar-refractivity contribution is -0.150. The van der Waals surface area contributed by atoms with Crippen LogP contribution in [0, 0.1) is 5.82 Å². The lowest BCUT2D eigenvalue weighted by Gasteiger charge is -2.39. The van der Waals surface area contributed by atoms with E-state index in [0.29, 0.717) is 25.3 Å². The molecule has 3 aliphatic rings. The van der Waals surface area contributed by atoms with E-state index in [-0.39, 0.29) is 38.1 Å². The molecular formula is C17H22FN3O5S. The van der Waals surface area contributed by atoms with Crippen LogP contribution in [0.3, 0.4) is 0 Å². The number of pyridine rings is 1. The molecule has 2 bridgehead atoms. The number of fused-ring (bicyclic) bond motifs is 1. The number of sulfonamides is 1. The average Bonchev–Trinajstić information content (AvgIpc) is 3.00. The number of aromatic nitrogens is 1. The maximum atomic E-state index is 13.0. The molecule has 0 N–H and O–H groups in total. The fraction of sp³-hybridized carbons (Fsp3) is 0.647. The van der Waals surface area contributed by atoms with E-state index >= 15 is 0 Å². The van der Waals surface area contributed by atoms with Gasteiger partial charge in [-0.05, 0) is 18.6 Å². The van der Waals surface area contributed by atoms with Gasteiger partial charge in [0.2, 0.25) is 15.9 Å². The summed E-state index contributed by atoms with van der Waals surface area (Å²) in [6, 6.07) is 2.75. The quantitative estimate of drug-likeness (QED) is 0.681. The molecule has 3 aliphatic heterocycles. The zero-order chi connectivity index (χ0) is 19.2. The summed E-state index contributed by atoms with van der Waals surface area (Å²) in [6.07, 6.45) is 1.24. The summed E-state index contributed by atoms with van der Waals surface area (Å²) in [4.78, 5) is 18.3. The standard InChI is InChI=1S/C17H22FN3O5S/c1-25-5-4-21-11-17-10-20(9-14(26-17)7-15(17)27(21,23)24)16(22)6-13-3-2-12(18)8-19-13/h2-3,8,14-15H,4-7,9-11H2,1H3/t14-,15+,17+/m1/s1. The van der Waals surface area contributed by atoms with Crippen LogP contribution in [0.2, 0.25) is 0 Å². The van der Waals surface area contributed by atoms with Gasteiger partial charge < -0.3 is 14.4 Å². The molecule has 3 atom stereocenters. The first-order valence-electron chi connectivity index (χ1n) is 8.88. The molecule has 1 aromatic heterocycles. The van der Waals surface area contributed by atoms with Gasteiger partial charge in [-0.3, -0.25) is 9.78 Å². The Balaban J connectivity index is 1.50. The lowest BCUT2D eigenvalue weighted by atomic mass is 9.99. The van der Waals surface area contributed by atoms with Crippen LogP contribution < -0.4 is 0 Å². The van der Waals surface area contributed by atoms with Crippen molar-refractivity contribution >= 4 is 15.9 Å². The summed E-state index contributed by atoms with van der Waals surface area (Å²) in [5.74, 6) is -0.611. The summed E-state index contributed by atoms with van der Waals surface area (Å²) >= 11 is 0. The third-order valence-corrected chi connectivity index (χ3v) is 7.90. The highest BCUT2D eigenvalue weighted by Crippen LogP contribution is 2.46. The predicted octanol–water partition coefficient (Wildman–Crippen LogP) is -0.206. The highest BCUT2D eigenvalue weighted by Gasteiger charge is 2.65. The van der Waals surface area contributed by atoms with Gasteiger partial charge in [-0.2, -0.15) is 4.31 Å². The van der Waals surface area contributed by atoms with Gasteiger partial charge in [0, 0.05) is 32.4 Å². The molecule has 8 nitrogen and oxygen atoms in total. The van der Waals surface area contributed by atoms with E-state index in [1.54, 1.807) is 4.90 Å². The van der Waals surface area contributed by atoms with Crippen molar-refractivity contribution in [1.29, 1.82) is 0 Å². The molecule has 0 aromatic carbocycles. The third-order valence-electron chi connectivity index (χ3n) is 5.53. The predicted molar refractivity (Wildman–Crippen MR) is 92.9 cm³/mol. The van der Waals surface area contributed by atoms with Crippen molar-refractivity contribution < 1.29 is 27.1 Å². The van der Waals surface area contributed by atoms with Gasteiger partial charge in [0.05, 0.1) is 31.9 Å². The Kier molecular flexibility index (Phi) is 4.69. The number of carbonyl (C=O) groups excluding carboxylic acids is 1. The third kappa shape index (κ3) is 3.24. The number of nitrogens with zero attached hydrogens (tertiary/aromatic N) is 3. The van der Waals surface area contributed by atoms with Crippen LogP contribution in [0.5, 0.6) is 0 Å². The zero-order valence-corrected chi connectivity index (χ0v) is 15.8. The Labute approximate surface area is 157 Å². The van der Waals surface area contributed by atoms with E-state index in [1.807, 2.05) is 0 Å². The Morgan fingerprint density at radius 3 is 2.96 bits per heavy atom. The molecule has 0 radical (unpaired) electrons. The summed E-state index contributed by atoms with van der Waals surface area (Å²) in [5, 5.41) is -0.631. The Morgan fingerprint density at radius 2 is 2.26 bits per heavy atom. The highest BCUT2D eigenvalue weighted by molar-refractivity contribution is 7.90. The van der Waals surface area contributed by atoms with Crippen molar-refractivity contribution in [2.24, 2.45) is 0 Å². The highest BCUT2D eigenvalue weighted by atomic mass is 32.2. The number of carbonyl (C=O) groups is 1. The molecule has 1 aromatic rings. The minimum absolute atomic E-state index is 0.0495. The Morgan fingerprint density at radius 1 is 1.44 bits per heavy atom. The first-order valence-corrected chi connectivity index (χ1v) is 10.4. The SMILES string of the molecule is COCCN1C[C@@]23CN(C(=O)Cc4ccc(F)cn4)C[C@@H](C[C@@H]2S1(=O)=O)O3. The molecule has 4 rings (SSSR count). The number of methoxy groups -OCH3 is 1. The molecule has 148 valence electrons. The van der Waals surface area contributed by atoms with Crippen LogP contribution >= 0.6 is 0 Å². The van der Waals surface area contributed by atoms with Crippen LogP contribution in [0.1, 0.15) is 12.1 Å². The van der Waals surface area contributed by atoms with Crippen LogP contribution in [0.4, 0.5) is 4.39 Å². The molecule has 0 unspecified atom stereocenters. The Hall–Kier alpha value is -1.62. The fourth-order valence-electron chi connectivity index (χ4n) is 4.31. The Bertz CT molecular complexity index is 833. The van der Waals surface area contributed by atoms with Crippen molar-refractivity contribution in [3.8, 4) is 0 Å². The summed E-state index contributed by atoms with van der Waals surface area (Å²) < 4.78 is 51.2. The monoisotopic (exact) mass is 399 g/mol. The number of halogens is 1. The first kappa shape index (κ1) is 18.7. The second-order valence-corrected chi connectivity index (χ2v) is 9.43. The molecule has 4 heterocycles. The largest absolute Gasteiger partial charge is 0.383 e. The van der Waals surface area contributed by atoms with Crippen LogP contribution in [0.25, 0.3) is 0 Å². The number of morpholine rings is 1. The maximum absolute atomic E-state index is 13.0. The van der Waals surface area contributed by atoms with E-state index < -0.39 is 26.7 Å². The summed E-state index contributed by atoms with van der Waals surface area (Å²) in [5.41, 5.74) is -0.406. The number of rotatable bonds is 5. The molecule has 27 heavy (non-hydrogen) atoms. The number of amides is 1. The smallest absolute Gasteiger partial charge is 0.228 e. The van der Waals surface area contributed by atoms with Crippen LogP contribution in [-0.2, 0) is 30.7 Å². The number of hydrogen-bond donors (Lipinski definition) is 0. The van der Waals surface area contributed by atoms with Gasteiger partial charge in [0.15, 0.2) is 0 Å². The van der Waals surface area contributed by atoms with E-state index in [2.05, 4.69) is 4.98 Å². The first-order chi connectivity index (χ1) is 12.8. The maximum Gasteiger partial charge on any atom is 0.228 e. The molecule has 0 saturated carbocycles. The lowest BCUT2D eigenvalue weighted by Crippen LogP contribution is -2.56. The minimum atomic E-state index is -3.48. The average molecular weight is 399 g/mol. The van der Waals surface area contributed by atoms with Gasteiger partial charge in [0.1, 0.15) is 16.7 Å². The van der Waals surface area contributed by atoms with Crippen LogP contribution in [0.15, 0.2) is 18.3 Å². The zero-order valence-electron chi connectivity index (χ0n) is 15.0.